The summed E-state index contributed by atoms with van der Waals surface area (Å²) in [6.45, 7) is -0.273. The van der Waals surface area contributed by atoms with Gasteiger partial charge in [0.2, 0.25) is 5.91 Å². The third kappa shape index (κ3) is 5.20. The molecule has 0 bridgehead atoms. The molecule has 7 nitrogen and oxygen atoms in total. The molecule has 0 saturated carbocycles. The smallest absolute Gasteiger partial charge is 0.276 e. The van der Waals surface area contributed by atoms with E-state index < -0.39 is 17.7 Å². The van der Waals surface area contributed by atoms with Gasteiger partial charge in [-0.2, -0.15) is 0 Å². The van der Waals surface area contributed by atoms with Crippen molar-refractivity contribution in [1.29, 1.82) is 0 Å². The third-order valence-corrected chi connectivity index (χ3v) is 4.08. The molecular formula is C22H19N3O4. The number of carbonyl (C=O) groups is 3. The van der Waals surface area contributed by atoms with Crippen molar-refractivity contribution in [2.45, 2.75) is 0 Å². The quantitative estimate of drug-likeness (QED) is 0.562. The van der Waals surface area contributed by atoms with E-state index in [1.165, 1.54) is 24.3 Å². The molecule has 0 spiro atoms. The first-order chi connectivity index (χ1) is 14.0. The molecule has 0 aliphatic heterocycles. The van der Waals surface area contributed by atoms with Gasteiger partial charge in [0.15, 0.2) is 6.61 Å². The summed E-state index contributed by atoms with van der Waals surface area (Å²) in [7, 11) is 0. The van der Waals surface area contributed by atoms with Gasteiger partial charge in [-0.3, -0.25) is 25.2 Å². The SMILES string of the molecule is NC(=O)c1ccc(C(=O)NNC(=O)COc2ccccc2-c2ccccc2)cc1. The van der Waals surface area contributed by atoms with E-state index in [-0.39, 0.29) is 17.7 Å². The molecule has 0 aromatic heterocycles. The van der Waals surface area contributed by atoms with Crippen molar-refractivity contribution in [2.24, 2.45) is 5.73 Å². The van der Waals surface area contributed by atoms with Gasteiger partial charge in [-0.05, 0) is 35.9 Å². The van der Waals surface area contributed by atoms with Gasteiger partial charge in [-0.1, -0.05) is 48.5 Å². The average Bonchev–Trinajstić information content (AvgIpc) is 2.77. The van der Waals surface area contributed by atoms with Crippen LogP contribution in [0.5, 0.6) is 5.75 Å². The summed E-state index contributed by atoms with van der Waals surface area (Å²) >= 11 is 0. The van der Waals surface area contributed by atoms with Crippen LogP contribution in [0.3, 0.4) is 0 Å². The molecule has 0 unspecified atom stereocenters. The first-order valence-corrected chi connectivity index (χ1v) is 8.81. The van der Waals surface area contributed by atoms with E-state index in [9.17, 15) is 14.4 Å². The number of hydrazine groups is 1. The maximum absolute atomic E-state index is 12.1. The molecule has 7 heteroatoms. The van der Waals surface area contributed by atoms with Crippen LogP contribution < -0.4 is 21.3 Å². The standard InChI is InChI=1S/C22H19N3O4/c23-21(27)16-10-12-17(13-11-16)22(28)25-24-20(26)14-29-19-9-5-4-8-18(19)15-6-2-1-3-7-15/h1-13H,14H2,(H2,23,27)(H,24,26)(H,25,28). The number of hydrogen-bond donors (Lipinski definition) is 3. The Morgan fingerprint density at radius 2 is 1.38 bits per heavy atom. The summed E-state index contributed by atoms with van der Waals surface area (Å²) in [5.41, 5.74) is 12.1. The lowest BCUT2D eigenvalue weighted by atomic mass is 10.1. The maximum atomic E-state index is 12.1. The van der Waals surface area contributed by atoms with Gasteiger partial charge in [0.1, 0.15) is 5.75 Å². The molecule has 0 radical (unpaired) electrons. The zero-order chi connectivity index (χ0) is 20.6. The van der Waals surface area contributed by atoms with E-state index >= 15 is 0 Å². The Hall–Kier alpha value is -4.13. The minimum atomic E-state index is -0.585. The number of nitrogens with one attached hydrogen (secondary N) is 2. The van der Waals surface area contributed by atoms with Crippen LogP contribution in [0, 0.1) is 0 Å². The number of carbonyl (C=O) groups excluding carboxylic acids is 3. The van der Waals surface area contributed by atoms with Crippen LogP contribution in [0.4, 0.5) is 0 Å². The van der Waals surface area contributed by atoms with Gasteiger partial charge in [0.05, 0.1) is 0 Å². The van der Waals surface area contributed by atoms with Crippen LogP contribution in [-0.4, -0.2) is 24.3 Å². The predicted octanol–water partition coefficient (Wildman–Crippen LogP) is 2.29. The first-order valence-electron chi connectivity index (χ1n) is 8.81. The Labute approximate surface area is 167 Å². The van der Waals surface area contributed by atoms with Crippen LogP contribution in [0.2, 0.25) is 0 Å². The Kier molecular flexibility index (Phi) is 6.22. The second kappa shape index (κ2) is 9.18. The van der Waals surface area contributed by atoms with Crippen molar-refractivity contribution in [2.75, 3.05) is 6.61 Å². The van der Waals surface area contributed by atoms with Crippen LogP contribution in [0.1, 0.15) is 20.7 Å². The van der Waals surface area contributed by atoms with E-state index in [2.05, 4.69) is 10.9 Å². The highest BCUT2D eigenvalue weighted by atomic mass is 16.5. The Morgan fingerprint density at radius 1 is 0.759 bits per heavy atom. The van der Waals surface area contributed by atoms with Crippen molar-refractivity contribution >= 4 is 17.7 Å². The van der Waals surface area contributed by atoms with Crippen LogP contribution in [0.25, 0.3) is 11.1 Å². The number of para-hydroxylation sites is 1. The van der Waals surface area contributed by atoms with E-state index in [0.717, 1.165) is 11.1 Å². The number of hydrogen-bond acceptors (Lipinski definition) is 4. The zero-order valence-corrected chi connectivity index (χ0v) is 15.4. The second-order valence-electron chi connectivity index (χ2n) is 6.09. The molecule has 29 heavy (non-hydrogen) atoms. The van der Waals surface area contributed by atoms with Crippen molar-refractivity contribution < 1.29 is 19.1 Å². The molecule has 0 fully saturated rings. The number of amides is 3. The molecule has 0 saturated heterocycles. The Balaban J connectivity index is 1.54. The molecule has 0 aliphatic rings. The molecule has 3 amide bonds. The average molecular weight is 389 g/mol. The first kappa shape index (κ1) is 19.6. The fraction of sp³-hybridized carbons (Fsp3) is 0.0455. The van der Waals surface area contributed by atoms with E-state index in [1.807, 2.05) is 48.5 Å². The topological polar surface area (TPSA) is 111 Å². The van der Waals surface area contributed by atoms with Gasteiger partial charge in [0, 0.05) is 16.7 Å². The van der Waals surface area contributed by atoms with E-state index in [4.69, 9.17) is 10.5 Å². The van der Waals surface area contributed by atoms with Gasteiger partial charge < -0.3 is 10.5 Å². The summed E-state index contributed by atoms with van der Waals surface area (Å²) in [5.74, 6) is -1.07. The normalized spacial score (nSPS) is 10.1. The Bertz CT molecular complexity index is 1020. The number of nitrogens with two attached hydrogens (primary N) is 1. The van der Waals surface area contributed by atoms with Gasteiger partial charge >= 0.3 is 0 Å². The molecule has 3 rings (SSSR count). The highest BCUT2D eigenvalue weighted by molar-refractivity contribution is 5.97. The summed E-state index contributed by atoms with van der Waals surface area (Å²) in [5, 5.41) is 0. The van der Waals surface area contributed by atoms with Crippen molar-refractivity contribution in [3.63, 3.8) is 0 Å². The summed E-state index contributed by atoms with van der Waals surface area (Å²) in [4.78, 5) is 35.1. The predicted molar refractivity (Wildman–Crippen MR) is 108 cm³/mol. The summed E-state index contributed by atoms with van der Waals surface area (Å²) in [6, 6.07) is 22.8. The van der Waals surface area contributed by atoms with Crippen LogP contribution in [-0.2, 0) is 4.79 Å². The molecule has 3 aromatic rings. The fourth-order valence-electron chi connectivity index (χ4n) is 2.61. The lowest BCUT2D eigenvalue weighted by Gasteiger charge is -2.12. The van der Waals surface area contributed by atoms with Crippen molar-refractivity contribution in [3.05, 3.63) is 90.0 Å². The molecular weight excluding hydrogens is 370 g/mol. The number of benzene rings is 3. The van der Waals surface area contributed by atoms with Gasteiger partial charge in [-0.25, -0.2) is 0 Å². The van der Waals surface area contributed by atoms with Crippen molar-refractivity contribution in [3.8, 4) is 16.9 Å². The molecule has 4 N–H and O–H groups in total. The third-order valence-electron chi connectivity index (χ3n) is 4.08. The van der Waals surface area contributed by atoms with E-state index in [1.54, 1.807) is 6.07 Å². The lowest BCUT2D eigenvalue weighted by Crippen LogP contribution is -2.43. The summed E-state index contributed by atoms with van der Waals surface area (Å²) < 4.78 is 5.62. The minimum absolute atomic E-state index is 0.269. The number of primary amides is 1. The lowest BCUT2D eigenvalue weighted by molar-refractivity contribution is -0.123. The highest BCUT2D eigenvalue weighted by Gasteiger charge is 2.11. The van der Waals surface area contributed by atoms with Crippen molar-refractivity contribution in [1.82, 2.24) is 10.9 Å². The molecule has 0 heterocycles. The van der Waals surface area contributed by atoms with Gasteiger partial charge in [0.25, 0.3) is 11.8 Å². The zero-order valence-electron chi connectivity index (χ0n) is 15.4. The molecule has 3 aromatic carbocycles. The minimum Gasteiger partial charge on any atom is -0.483 e. The number of rotatable bonds is 6. The molecule has 0 atom stereocenters. The molecule has 146 valence electrons. The van der Waals surface area contributed by atoms with E-state index in [0.29, 0.717) is 5.75 Å². The largest absolute Gasteiger partial charge is 0.483 e. The monoisotopic (exact) mass is 389 g/mol. The van der Waals surface area contributed by atoms with Crippen LogP contribution in [0.15, 0.2) is 78.9 Å². The van der Waals surface area contributed by atoms with Gasteiger partial charge in [-0.15, -0.1) is 0 Å². The van der Waals surface area contributed by atoms with Crippen LogP contribution >= 0.6 is 0 Å². The second-order valence-corrected chi connectivity index (χ2v) is 6.09. The molecule has 0 aliphatic carbocycles. The summed E-state index contributed by atoms with van der Waals surface area (Å²) in [6.07, 6.45) is 0. The highest BCUT2D eigenvalue weighted by Crippen LogP contribution is 2.29. The fourth-order valence-corrected chi connectivity index (χ4v) is 2.61. The Morgan fingerprint density at radius 3 is 2.07 bits per heavy atom. The maximum Gasteiger partial charge on any atom is 0.276 e. The number of ether oxygens (including phenoxy) is 1.